The van der Waals surface area contributed by atoms with Gasteiger partial charge in [0.05, 0.1) is 10.8 Å². The highest BCUT2D eigenvalue weighted by molar-refractivity contribution is 8.00. The number of halogens is 1. The Labute approximate surface area is 122 Å². The van der Waals surface area contributed by atoms with Crippen LogP contribution in [0, 0.1) is 6.92 Å². The molecule has 1 heterocycles. The van der Waals surface area contributed by atoms with Crippen LogP contribution in [-0.4, -0.2) is 16.5 Å². The first-order valence-corrected chi connectivity index (χ1v) is 7.31. The number of carbonyl (C=O) groups is 1. The molecule has 0 aliphatic carbocycles. The number of aromatic nitrogens is 1. The maximum atomic E-state index is 11.9. The third-order valence-corrected chi connectivity index (χ3v) is 4.30. The highest BCUT2D eigenvalue weighted by Crippen LogP contribution is 2.22. The molecule has 0 atom stereocenters. The Hall–Kier alpha value is -1.32. The lowest BCUT2D eigenvalue weighted by Crippen LogP contribution is -2.06. The van der Waals surface area contributed by atoms with Crippen molar-refractivity contribution in [1.82, 2.24) is 4.98 Å². The number of Topliss-reactive ketones (excluding diaryl/α,β-unsaturated/α-hetero) is 1. The number of ketones is 1. The smallest absolute Gasteiger partial charge is 0.147 e. The van der Waals surface area contributed by atoms with E-state index in [4.69, 9.17) is 11.6 Å². The largest absolute Gasteiger partial charge is 0.298 e. The van der Waals surface area contributed by atoms with Crippen LogP contribution in [0.2, 0.25) is 5.02 Å². The van der Waals surface area contributed by atoms with Gasteiger partial charge >= 0.3 is 0 Å². The third kappa shape index (κ3) is 4.08. The third-order valence-electron chi connectivity index (χ3n) is 2.73. The summed E-state index contributed by atoms with van der Waals surface area (Å²) in [7, 11) is 0. The summed E-state index contributed by atoms with van der Waals surface area (Å²) in [6, 6.07) is 9.86. The van der Waals surface area contributed by atoms with E-state index in [1.165, 1.54) is 5.56 Å². The molecule has 0 saturated heterocycles. The number of carbonyl (C=O) groups excluding carboxylic acids is 1. The fourth-order valence-corrected chi connectivity index (χ4v) is 2.76. The standard InChI is InChI=1S/C15H14ClNOS/c1-11-4-2-3-5-15(11)19-10-13(18)8-12-6-7-17-9-14(12)16/h2-7,9H,8,10H2,1H3. The molecule has 0 fully saturated rings. The molecule has 0 N–H and O–H groups in total. The average Bonchev–Trinajstić information content (AvgIpc) is 2.40. The van der Waals surface area contributed by atoms with E-state index in [1.54, 1.807) is 30.2 Å². The molecular formula is C15H14ClNOS. The maximum Gasteiger partial charge on any atom is 0.147 e. The topological polar surface area (TPSA) is 30.0 Å². The average molecular weight is 292 g/mol. The molecule has 4 heteroatoms. The monoisotopic (exact) mass is 291 g/mol. The first kappa shape index (κ1) is 14.1. The summed E-state index contributed by atoms with van der Waals surface area (Å²) in [6.45, 7) is 2.05. The quantitative estimate of drug-likeness (QED) is 0.781. The van der Waals surface area contributed by atoms with E-state index in [9.17, 15) is 4.79 Å². The normalized spacial score (nSPS) is 10.4. The van der Waals surface area contributed by atoms with Gasteiger partial charge in [-0.2, -0.15) is 0 Å². The number of pyridine rings is 1. The van der Waals surface area contributed by atoms with E-state index >= 15 is 0 Å². The number of hydrogen-bond donors (Lipinski definition) is 0. The lowest BCUT2D eigenvalue weighted by atomic mass is 10.1. The van der Waals surface area contributed by atoms with E-state index in [0.29, 0.717) is 17.2 Å². The fourth-order valence-electron chi connectivity index (χ4n) is 1.69. The summed E-state index contributed by atoms with van der Waals surface area (Å²) in [5.41, 5.74) is 2.04. The van der Waals surface area contributed by atoms with Crippen LogP contribution in [0.5, 0.6) is 0 Å². The van der Waals surface area contributed by atoms with Crippen LogP contribution >= 0.6 is 23.4 Å². The van der Waals surface area contributed by atoms with Crippen molar-refractivity contribution in [2.75, 3.05) is 5.75 Å². The number of thioether (sulfide) groups is 1. The second-order valence-electron chi connectivity index (χ2n) is 4.24. The Kier molecular flexibility index (Phi) is 5.00. The van der Waals surface area contributed by atoms with Crippen molar-refractivity contribution in [3.05, 3.63) is 58.9 Å². The van der Waals surface area contributed by atoms with Gasteiger partial charge in [-0.05, 0) is 30.2 Å². The fraction of sp³-hybridized carbons (Fsp3) is 0.200. The predicted molar refractivity (Wildman–Crippen MR) is 79.9 cm³/mol. The van der Waals surface area contributed by atoms with E-state index in [0.717, 1.165) is 10.5 Å². The highest BCUT2D eigenvalue weighted by Gasteiger charge is 2.08. The zero-order chi connectivity index (χ0) is 13.7. The second kappa shape index (κ2) is 6.73. The molecule has 2 rings (SSSR count). The summed E-state index contributed by atoms with van der Waals surface area (Å²) >= 11 is 7.56. The van der Waals surface area contributed by atoms with Crippen molar-refractivity contribution in [3.8, 4) is 0 Å². The van der Waals surface area contributed by atoms with Crippen LogP contribution in [0.4, 0.5) is 0 Å². The van der Waals surface area contributed by atoms with Crippen molar-refractivity contribution in [2.45, 2.75) is 18.2 Å². The lowest BCUT2D eigenvalue weighted by molar-refractivity contribution is -0.116. The van der Waals surface area contributed by atoms with E-state index < -0.39 is 0 Å². The number of nitrogens with zero attached hydrogens (tertiary/aromatic N) is 1. The molecule has 2 nitrogen and oxygen atoms in total. The molecule has 0 radical (unpaired) electrons. The maximum absolute atomic E-state index is 11.9. The SMILES string of the molecule is Cc1ccccc1SCC(=O)Cc1ccncc1Cl. The van der Waals surface area contributed by atoms with Gasteiger partial charge in [-0.15, -0.1) is 11.8 Å². The summed E-state index contributed by atoms with van der Waals surface area (Å²) in [5, 5.41) is 0.553. The van der Waals surface area contributed by atoms with Gasteiger partial charge < -0.3 is 0 Å². The Balaban J connectivity index is 1.92. The van der Waals surface area contributed by atoms with E-state index in [1.807, 2.05) is 31.2 Å². The second-order valence-corrected chi connectivity index (χ2v) is 5.66. The molecule has 0 spiro atoms. The van der Waals surface area contributed by atoms with Gasteiger partial charge in [-0.3, -0.25) is 9.78 Å². The number of benzene rings is 1. The zero-order valence-corrected chi connectivity index (χ0v) is 12.2. The predicted octanol–water partition coefficient (Wildman–Crippen LogP) is 3.95. The Bertz CT molecular complexity index is 586. The molecule has 0 unspecified atom stereocenters. The minimum absolute atomic E-state index is 0.168. The molecular weight excluding hydrogens is 278 g/mol. The molecule has 0 aliphatic heterocycles. The van der Waals surface area contributed by atoms with Crippen molar-refractivity contribution >= 4 is 29.1 Å². The molecule has 2 aromatic rings. The van der Waals surface area contributed by atoms with Gasteiger partial charge in [0, 0.05) is 23.7 Å². The molecule has 0 amide bonds. The van der Waals surface area contributed by atoms with Crippen LogP contribution in [0.25, 0.3) is 0 Å². The summed E-state index contributed by atoms with van der Waals surface area (Å²) in [6.07, 6.45) is 3.59. The molecule has 0 bridgehead atoms. The van der Waals surface area contributed by atoms with Crippen LogP contribution in [-0.2, 0) is 11.2 Å². The number of rotatable bonds is 5. The van der Waals surface area contributed by atoms with Crippen LogP contribution in [0.15, 0.2) is 47.6 Å². The van der Waals surface area contributed by atoms with Gasteiger partial charge in [0.1, 0.15) is 5.78 Å². The Morgan fingerprint density at radius 2 is 2.11 bits per heavy atom. The van der Waals surface area contributed by atoms with Crippen molar-refractivity contribution in [3.63, 3.8) is 0 Å². The molecule has 98 valence electrons. The summed E-state index contributed by atoms with van der Waals surface area (Å²) < 4.78 is 0. The van der Waals surface area contributed by atoms with Crippen molar-refractivity contribution in [1.29, 1.82) is 0 Å². The van der Waals surface area contributed by atoms with Gasteiger partial charge in [0.2, 0.25) is 0 Å². The van der Waals surface area contributed by atoms with Crippen LogP contribution < -0.4 is 0 Å². The molecule has 19 heavy (non-hydrogen) atoms. The number of hydrogen-bond acceptors (Lipinski definition) is 3. The first-order chi connectivity index (χ1) is 9.16. The Morgan fingerprint density at radius 3 is 2.84 bits per heavy atom. The summed E-state index contributed by atoms with van der Waals surface area (Å²) in [5.74, 6) is 0.630. The minimum Gasteiger partial charge on any atom is -0.298 e. The van der Waals surface area contributed by atoms with E-state index in [2.05, 4.69) is 4.98 Å². The van der Waals surface area contributed by atoms with Gasteiger partial charge in [-0.25, -0.2) is 0 Å². The molecule has 1 aromatic heterocycles. The number of aryl methyl sites for hydroxylation is 1. The minimum atomic E-state index is 0.168. The van der Waals surface area contributed by atoms with Crippen LogP contribution in [0.3, 0.4) is 0 Å². The first-order valence-electron chi connectivity index (χ1n) is 5.95. The zero-order valence-electron chi connectivity index (χ0n) is 10.6. The van der Waals surface area contributed by atoms with Crippen LogP contribution in [0.1, 0.15) is 11.1 Å². The lowest BCUT2D eigenvalue weighted by Gasteiger charge is -2.05. The van der Waals surface area contributed by atoms with Crippen molar-refractivity contribution < 1.29 is 4.79 Å². The van der Waals surface area contributed by atoms with Gasteiger partial charge in [0.15, 0.2) is 0 Å². The molecule has 0 saturated carbocycles. The summed E-state index contributed by atoms with van der Waals surface area (Å²) in [4.78, 5) is 17.0. The van der Waals surface area contributed by atoms with Gasteiger partial charge in [0.25, 0.3) is 0 Å². The highest BCUT2D eigenvalue weighted by atomic mass is 35.5. The molecule has 0 aliphatic rings. The van der Waals surface area contributed by atoms with Gasteiger partial charge in [-0.1, -0.05) is 29.8 Å². The van der Waals surface area contributed by atoms with Crippen molar-refractivity contribution in [2.24, 2.45) is 0 Å². The Morgan fingerprint density at radius 1 is 1.32 bits per heavy atom. The van der Waals surface area contributed by atoms with E-state index in [-0.39, 0.29) is 5.78 Å². The molecule has 1 aromatic carbocycles.